The van der Waals surface area contributed by atoms with Gasteiger partial charge in [0, 0.05) is 22.8 Å². The molecule has 0 fully saturated rings. The van der Waals surface area contributed by atoms with Gasteiger partial charge in [-0.3, -0.25) is 9.48 Å². The Morgan fingerprint density at radius 3 is 2.65 bits per heavy atom. The molecule has 6 heteroatoms. The van der Waals surface area contributed by atoms with E-state index >= 15 is 0 Å². The topological polar surface area (TPSA) is 56.1 Å². The van der Waals surface area contributed by atoms with Crippen LogP contribution in [0.2, 0.25) is 0 Å². The molecular formula is C20H20BrN3O2. The second-order valence-corrected chi connectivity index (χ2v) is 6.94. The third-order valence-corrected chi connectivity index (χ3v) is 4.53. The fourth-order valence-electron chi connectivity index (χ4n) is 2.49. The van der Waals surface area contributed by atoms with Crippen molar-refractivity contribution in [3.8, 4) is 5.75 Å². The maximum Gasteiger partial charge on any atom is 0.251 e. The second-order valence-electron chi connectivity index (χ2n) is 6.03. The van der Waals surface area contributed by atoms with E-state index in [2.05, 4.69) is 26.3 Å². The summed E-state index contributed by atoms with van der Waals surface area (Å²) < 4.78 is 8.56. The smallest absolute Gasteiger partial charge is 0.251 e. The Kier molecular flexibility index (Phi) is 5.73. The number of nitrogens with zero attached hydrogens (tertiary/aromatic N) is 2. The standard InChI is InChI=1S/C20H20BrN3O2/c1-14-10-18(23-24(14)2)12-22-20(25)16-5-3-4-15(11-16)13-26-19-8-6-17(21)7-9-19/h3-11H,12-13H2,1-2H3,(H,22,25). The summed E-state index contributed by atoms with van der Waals surface area (Å²) in [6, 6.07) is 17.1. The first-order chi connectivity index (χ1) is 12.5. The third kappa shape index (κ3) is 4.73. The summed E-state index contributed by atoms with van der Waals surface area (Å²) in [5, 5.41) is 7.24. The SMILES string of the molecule is Cc1cc(CNC(=O)c2cccc(COc3ccc(Br)cc3)c2)nn1C. The van der Waals surface area contributed by atoms with Crippen LogP contribution in [0.4, 0.5) is 0 Å². The van der Waals surface area contributed by atoms with Gasteiger partial charge >= 0.3 is 0 Å². The van der Waals surface area contributed by atoms with Crippen molar-refractivity contribution in [2.45, 2.75) is 20.1 Å². The molecule has 0 aliphatic rings. The summed E-state index contributed by atoms with van der Waals surface area (Å²) in [6.45, 7) is 2.79. The van der Waals surface area contributed by atoms with Gasteiger partial charge in [-0.15, -0.1) is 0 Å². The van der Waals surface area contributed by atoms with Crippen LogP contribution >= 0.6 is 15.9 Å². The van der Waals surface area contributed by atoms with E-state index in [1.54, 1.807) is 10.7 Å². The van der Waals surface area contributed by atoms with Crippen molar-refractivity contribution < 1.29 is 9.53 Å². The van der Waals surface area contributed by atoms with Crippen molar-refractivity contribution in [2.24, 2.45) is 7.05 Å². The van der Waals surface area contributed by atoms with Gasteiger partial charge in [0.05, 0.1) is 12.2 Å². The van der Waals surface area contributed by atoms with E-state index in [-0.39, 0.29) is 5.91 Å². The van der Waals surface area contributed by atoms with E-state index in [1.165, 1.54) is 0 Å². The highest BCUT2D eigenvalue weighted by Crippen LogP contribution is 2.17. The Bertz CT molecular complexity index is 884. The first kappa shape index (κ1) is 18.2. The van der Waals surface area contributed by atoms with Gasteiger partial charge in [-0.05, 0) is 55.0 Å². The quantitative estimate of drug-likeness (QED) is 0.664. The number of ether oxygens (including phenoxy) is 1. The molecule has 0 aliphatic heterocycles. The third-order valence-electron chi connectivity index (χ3n) is 4.00. The van der Waals surface area contributed by atoms with Gasteiger partial charge < -0.3 is 10.1 Å². The van der Waals surface area contributed by atoms with Crippen molar-refractivity contribution in [1.29, 1.82) is 0 Å². The number of benzene rings is 2. The molecule has 0 bridgehead atoms. The molecule has 3 aromatic rings. The summed E-state index contributed by atoms with van der Waals surface area (Å²) in [7, 11) is 1.88. The Labute approximate surface area is 161 Å². The van der Waals surface area contributed by atoms with Gasteiger partial charge in [0.1, 0.15) is 12.4 Å². The Balaban J connectivity index is 1.58. The summed E-state index contributed by atoms with van der Waals surface area (Å²) in [5.74, 6) is 0.660. The Morgan fingerprint density at radius 1 is 1.19 bits per heavy atom. The molecule has 0 saturated carbocycles. The first-order valence-electron chi connectivity index (χ1n) is 8.26. The normalized spacial score (nSPS) is 10.6. The molecule has 0 atom stereocenters. The molecule has 1 N–H and O–H groups in total. The van der Waals surface area contributed by atoms with Crippen molar-refractivity contribution in [1.82, 2.24) is 15.1 Å². The van der Waals surface area contributed by atoms with E-state index in [9.17, 15) is 4.79 Å². The molecular weight excluding hydrogens is 394 g/mol. The van der Waals surface area contributed by atoms with Crippen LogP contribution in [-0.2, 0) is 20.2 Å². The molecule has 0 radical (unpaired) electrons. The van der Waals surface area contributed by atoms with E-state index in [1.807, 2.05) is 62.5 Å². The zero-order valence-electron chi connectivity index (χ0n) is 14.7. The van der Waals surface area contributed by atoms with Crippen LogP contribution in [-0.4, -0.2) is 15.7 Å². The maximum atomic E-state index is 12.4. The fraction of sp³-hybridized carbons (Fsp3) is 0.200. The van der Waals surface area contributed by atoms with Gasteiger partial charge in [0.15, 0.2) is 0 Å². The largest absolute Gasteiger partial charge is 0.489 e. The number of amides is 1. The van der Waals surface area contributed by atoms with Crippen LogP contribution in [0.5, 0.6) is 5.75 Å². The van der Waals surface area contributed by atoms with Gasteiger partial charge in [-0.2, -0.15) is 5.10 Å². The fourth-order valence-corrected chi connectivity index (χ4v) is 2.76. The molecule has 0 saturated heterocycles. The number of hydrogen-bond donors (Lipinski definition) is 1. The summed E-state index contributed by atoms with van der Waals surface area (Å²) in [6.07, 6.45) is 0. The number of halogens is 1. The minimum atomic E-state index is -0.126. The van der Waals surface area contributed by atoms with Crippen LogP contribution in [0.1, 0.15) is 27.3 Å². The van der Waals surface area contributed by atoms with E-state index in [0.29, 0.717) is 18.7 Å². The zero-order valence-corrected chi connectivity index (χ0v) is 16.3. The molecule has 26 heavy (non-hydrogen) atoms. The highest BCUT2D eigenvalue weighted by Gasteiger charge is 2.08. The van der Waals surface area contributed by atoms with Crippen molar-refractivity contribution in [3.63, 3.8) is 0 Å². The second kappa shape index (κ2) is 8.19. The molecule has 1 heterocycles. The molecule has 1 amide bonds. The molecule has 134 valence electrons. The van der Waals surface area contributed by atoms with E-state index in [4.69, 9.17) is 4.74 Å². The first-order valence-corrected chi connectivity index (χ1v) is 9.05. The van der Waals surface area contributed by atoms with Crippen LogP contribution in [0.3, 0.4) is 0 Å². The Hall–Kier alpha value is -2.60. The predicted octanol–water partition coefficient (Wildman–Crippen LogP) is 4.00. The number of aryl methyl sites for hydroxylation is 2. The molecule has 0 unspecified atom stereocenters. The lowest BCUT2D eigenvalue weighted by atomic mass is 10.1. The van der Waals surface area contributed by atoms with Crippen molar-refractivity contribution in [2.75, 3.05) is 0 Å². The number of hydrogen-bond acceptors (Lipinski definition) is 3. The number of aromatic nitrogens is 2. The minimum Gasteiger partial charge on any atom is -0.489 e. The maximum absolute atomic E-state index is 12.4. The van der Waals surface area contributed by atoms with Crippen LogP contribution in [0, 0.1) is 6.92 Å². The summed E-state index contributed by atoms with van der Waals surface area (Å²) in [5.41, 5.74) is 3.44. The van der Waals surface area contributed by atoms with Gasteiger partial charge in [0.2, 0.25) is 0 Å². The zero-order chi connectivity index (χ0) is 18.5. The highest BCUT2D eigenvalue weighted by molar-refractivity contribution is 9.10. The monoisotopic (exact) mass is 413 g/mol. The highest BCUT2D eigenvalue weighted by atomic mass is 79.9. The van der Waals surface area contributed by atoms with Gasteiger partial charge in [-0.25, -0.2) is 0 Å². The molecule has 0 spiro atoms. The molecule has 1 aromatic heterocycles. The van der Waals surface area contributed by atoms with Crippen molar-refractivity contribution >= 4 is 21.8 Å². The molecule has 3 rings (SSSR count). The number of carbonyl (C=O) groups is 1. The van der Waals surface area contributed by atoms with Gasteiger partial charge in [0.25, 0.3) is 5.91 Å². The Morgan fingerprint density at radius 2 is 1.96 bits per heavy atom. The molecule has 5 nitrogen and oxygen atoms in total. The predicted molar refractivity (Wildman–Crippen MR) is 104 cm³/mol. The van der Waals surface area contributed by atoms with Crippen molar-refractivity contribution in [3.05, 3.63) is 81.6 Å². The summed E-state index contributed by atoms with van der Waals surface area (Å²) >= 11 is 3.40. The van der Waals surface area contributed by atoms with Gasteiger partial charge in [-0.1, -0.05) is 28.1 Å². The van der Waals surface area contributed by atoms with Crippen LogP contribution in [0.15, 0.2) is 59.1 Å². The summed E-state index contributed by atoms with van der Waals surface area (Å²) in [4.78, 5) is 12.4. The lowest BCUT2D eigenvalue weighted by Crippen LogP contribution is -2.23. The lowest BCUT2D eigenvalue weighted by Gasteiger charge is -2.08. The molecule has 2 aromatic carbocycles. The number of nitrogens with one attached hydrogen (secondary N) is 1. The van der Waals surface area contributed by atoms with Crippen LogP contribution < -0.4 is 10.1 Å². The van der Waals surface area contributed by atoms with Crippen LogP contribution in [0.25, 0.3) is 0 Å². The van der Waals surface area contributed by atoms with E-state index in [0.717, 1.165) is 27.2 Å². The average Bonchev–Trinajstić information content (AvgIpc) is 2.97. The van der Waals surface area contributed by atoms with E-state index < -0.39 is 0 Å². The number of rotatable bonds is 6. The molecule has 0 aliphatic carbocycles. The average molecular weight is 414 g/mol. The number of carbonyl (C=O) groups excluding carboxylic acids is 1. The lowest BCUT2D eigenvalue weighted by molar-refractivity contribution is 0.0950. The minimum absolute atomic E-state index is 0.126.